The highest BCUT2D eigenvalue weighted by Gasteiger charge is 2.73. The third-order valence-corrected chi connectivity index (χ3v) is 7.15. The van der Waals surface area contributed by atoms with Crippen LogP contribution in [0.2, 0.25) is 0 Å². The van der Waals surface area contributed by atoms with Gasteiger partial charge >= 0.3 is 12.4 Å². The van der Waals surface area contributed by atoms with Gasteiger partial charge in [-0.3, -0.25) is 4.79 Å². The van der Waals surface area contributed by atoms with Gasteiger partial charge in [0.2, 0.25) is 5.91 Å². The number of carbonyl (C=O) groups is 1. The van der Waals surface area contributed by atoms with Gasteiger partial charge in [0.05, 0.1) is 0 Å². The van der Waals surface area contributed by atoms with Crippen molar-refractivity contribution < 1.29 is 39.6 Å². The molecule has 2 rings (SSSR count). The smallest absolute Gasteiger partial charge is 0.340 e. The lowest BCUT2D eigenvalue weighted by Gasteiger charge is -2.38. The highest BCUT2D eigenvalue weighted by atomic mass is 32.2. The summed E-state index contributed by atoms with van der Waals surface area (Å²) in [5.41, 5.74) is -4.03. The van der Waals surface area contributed by atoms with Crippen molar-refractivity contribution in [3.63, 3.8) is 0 Å². The van der Waals surface area contributed by atoms with E-state index in [1.54, 1.807) is 0 Å². The molecule has 0 saturated carbocycles. The average molecular weight is 396 g/mol. The van der Waals surface area contributed by atoms with Crippen LogP contribution >= 0.6 is 0 Å². The Bertz CT molecular complexity index is 623. The standard InChI is InChI=1S/C13H18F6N2O3S/c1-25(23,24)10(2-5-20-6-3-10)9(22)21-7-4-11(8-21,12(14,15)16)13(17,18)19/h20H,2-8H2,1H3. The van der Waals surface area contributed by atoms with Crippen molar-refractivity contribution in [2.45, 2.75) is 36.4 Å². The largest absolute Gasteiger partial charge is 0.404 e. The van der Waals surface area contributed by atoms with E-state index in [-0.39, 0.29) is 25.9 Å². The number of carbonyl (C=O) groups excluding carboxylic acids is 1. The Morgan fingerprint density at radius 1 is 1.00 bits per heavy atom. The van der Waals surface area contributed by atoms with Crippen LogP contribution in [0.1, 0.15) is 19.3 Å². The minimum absolute atomic E-state index is 0.135. The van der Waals surface area contributed by atoms with Crippen LogP contribution in [0.3, 0.4) is 0 Å². The first-order valence-electron chi connectivity index (χ1n) is 7.51. The third kappa shape index (κ3) is 3.11. The predicted molar refractivity (Wildman–Crippen MR) is 75.4 cm³/mol. The van der Waals surface area contributed by atoms with Crippen molar-refractivity contribution in [1.29, 1.82) is 0 Å². The zero-order chi connectivity index (χ0) is 19.3. The molecule has 5 nitrogen and oxygen atoms in total. The topological polar surface area (TPSA) is 66.5 Å². The fourth-order valence-electron chi connectivity index (χ4n) is 3.47. The summed E-state index contributed by atoms with van der Waals surface area (Å²) < 4.78 is 101. The molecule has 1 N–H and O–H groups in total. The molecule has 2 aliphatic heterocycles. The molecule has 0 spiro atoms. The van der Waals surface area contributed by atoms with E-state index >= 15 is 0 Å². The lowest BCUT2D eigenvalue weighted by Crippen LogP contribution is -2.59. The van der Waals surface area contributed by atoms with Crippen molar-refractivity contribution in [2.75, 3.05) is 32.4 Å². The maximum absolute atomic E-state index is 13.1. The predicted octanol–water partition coefficient (Wildman–Crippen LogP) is 1.50. The third-order valence-electron chi connectivity index (χ3n) is 5.15. The van der Waals surface area contributed by atoms with E-state index < -0.39 is 57.8 Å². The summed E-state index contributed by atoms with van der Waals surface area (Å²) >= 11 is 0. The summed E-state index contributed by atoms with van der Waals surface area (Å²) in [5.74, 6) is -1.17. The summed E-state index contributed by atoms with van der Waals surface area (Å²) in [7, 11) is -4.03. The molecular formula is C13H18F6N2O3S. The van der Waals surface area contributed by atoms with E-state index in [1.807, 2.05) is 0 Å². The number of likely N-dealkylation sites (tertiary alicyclic amines) is 1. The molecule has 0 aromatic heterocycles. The van der Waals surface area contributed by atoms with Gasteiger partial charge in [-0.05, 0) is 32.4 Å². The van der Waals surface area contributed by atoms with Gasteiger partial charge in [-0.15, -0.1) is 0 Å². The van der Waals surface area contributed by atoms with Crippen LogP contribution in [0.15, 0.2) is 0 Å². The normalized spacial score (nSPS) is 24.4. The van der Waals surface area contributed by atoms with E-state index in [0.29, 0.717) is 4.90 Å². The van der Waals surface area contributed by atoms with Gasteiger partial charge in [0.15, 0.2) is 20.0 Å². The Morgan fingerprint density at radius 3 is 1.84 bits per heavy atom. The summed E-state index contributed by atoms with van der Waals surface area (Å²) in [6.07, 6.45) is -12.1. The summed E-state index contributed by atoms with van der Waals surface area (Å²) in [5, 5.41) is 2.83. The maximum Gasteiger partial charge on any atom is 0.404 e. The van der Waals surface area contributed by atoms with Gasteiger partial charge in [-0.1, -0.05) is 0 Å². The molecule has 1 amide bonds. The first-order valence-corrected chi connectivity index (χ1v) is 9.40. The van der Waals surface area contributed by atoms with Crippen LogP contribution < -0.4 is 5.32 Å². The number of piperidine rings is 1. The molecule has 2 heterocycles. The van der Waals surface area contributed by atoms with Crippen LogP contribution in [-0.2, 0) is 14.6 Å². The average Bonchev–Trinajstić information content (AvgIpc) is 2.92. The molecule has 0 bridgehead atoms. The molecule has 0 aliphatic carbocycles. The first-order chi connectivity index (χ1) is 11.2. The molecule has 0 aromatic carbocycles. The van der Waals surface area contributed by atoms with Crippen molar-refractivity contribution in [1.82, 2.24) is 10.2 Å². The van der Waals surface area contributed by atoms with Gasteiger partial charge in [0, 0.05) is 19.3 Å². The van der Waals surface area contributed by atoms with Crippen LogP contribution in [0.25, 0.3) is 0 Å². The fraction of sp³-hybridized carbons (Fsp3) is 0.923. The minimum Gasteiger partial charge on any atom is -0.340 e. The molecule has 0 aromatic rings. The van der Waals surface area contributed by atoms with Crippen molar-refractivity contribution in [3.8, 4) is 0 Å². The molecule has 146 valence electrons. The van der Waals surface area contributed by atoms with Crippen molar-refractivity contribution in [2.24, 2.45) is 5.41 Å². The lowest BCUT2D eigenvalue weighted by molar-refractivity contribution is -0.334. The lowest BCUT2D eigenvalue weighted by atomic mass is 9.85. The summed E-state index contributed by atoms with van der Waals surface area (Å²) in [6, 6.07) is 0. The number of hydrogen-bond donors (Lipinski definition) is 1. The Kier molecular flexibility index (Phi) is 4.87. The fourth-order valence-corrected chi connectivity index (χ4v) is 4.86. The van der Waals surface area contributed by atoms with E-state index in [0.717, 1.165) is 6.26 Å². The Balaban J connectivity index is 2.38. The van der Waals surface area contributed by atoms with Gasteiger partial charge in [0.1, 0.15) is 0 Å². The van der Waals surface area contributed by atoms with Gasteiger partial charge in [0.25, 0.3) is 0 Å². The van der Waals surface area contributed by atoms with E-state index in [1.165, 1.54) is 0 Å². The summed E-state index contributed by atoms with van der Waals surface area (Å²) in [4.78, 5) is 13.1. The quantitative estimate of drug-likeness (QED) is 0.719. The monoisotopic (exact) mass is 396 g/mol. The van der Waals surface area contributed by atoms with Crippen molar-refractivity contribution in [3.05, 3.63) is 0 Å². The molecule has 0 atom stereocenters. The molecule has 0 unspecified atom stereocenters. The van der Waals surface area contributed by atoms with Crippen LogP contribution in [0.5, 0.6) is 0 Å². The zero-order valence-corrected chi connectivity index (χ0v) is 14.1. The van der Waals surface area contributed by atoms with E-state index in [4.69, 9.17) is 0 Å². The van der Waals surface area contributed by atoms with Crippen LogP contribution in [0.4, 0.5) is 26.3 Å². The summed E-state index contributed by atoms with van der Waals surface area (Å²) in [6.45, 7) is -2.13. The molecule has 25 heavy (non-hydrogen) atoms. The molecule has 2 fully saturated rings. The molecule has 2 saturated heterocycles. The van der Waals surface area contributed by atoms with Crippen molar-refractivity contribution >= 4 is 15.7 Å². The van der Waals surface area contributed by atoms with E-state index in [9.17, 15) is 39.6 Å². The number of alkyl halides is 6. The Labute approximate surface area is 140 Å². The molecular weight excluding hydrogens is 378 g/mol. The highest BCUT2D eigenvalue weighted by Crippen LogP contribution is 2.56. The number of nitrogens with one attached hydrogen (secondary N) is 1. The highest BCUT2D eigenvalue weighted by molar-refractivity contribution is 7.92. The first kappa shape index (κ1) is 20.3. The zero-order valence-electron chi connectivity index (χ0n) is 13.3. The van der Waals surface area contributed by atoms with Crippen LogP contribution in [-0.4, -0.2) is 68.8 Å². The number of halogens is 6. The van der Waals surface area contributed by atoms with E-state index in [2.05, 4.69) is 5.32 Å². The minimum atomic E-state index is -5.59. The SMILES string of the molecule is CS(=O)(=O)C1(C(=O)N2CCC(C(F)(F)F)(C(F)(F)F)C2)CCNCC1. The van der Waals surface area contributed by atoms with Gasteiger partial charge in [-0.2, -0.15) is 26.3 Å². The number of amides is 1. The second-order valence-electron chi connectivity index (χ2n) is 6.57. The number of hydrogen-bond acceptors (Lipinski definition) is 4. The van der Waals surface area contributed by atoms with Crippen LogP contribution in [0, 0.1) is 5.41 Å². The maximum atomic E-state index is 13.1. The van der Waals surface area contributed by atoms with Gasteiger partial charge < -0.3 is 10.2 Å². The Hall–Kier alpha value is -1.04. The second-order valence-corrected chi connectivity index (χ2v) is 8.90. The number of sulfone groups is 1. The second kappa shape index (κ2) is 6.00. The number of rotatable bonds is 2. The number of nitrogens with zero attached hydrogens (tertiary/aromatic N) is 1. The molecule has 12 heteroatoms. The molecule has 0 radical (unpaired) electrons. The van der Waals surface area contributed by atoms with Gasteiger partial charge in [-0.25, -0.2) is 8.42 Å². The molecule has 2 aliphatic rings. The Morgan fingerprint density at radius 2 is 1.48 bits per heavy atom.